The van der Waals surface area contributed by atoms with Gasteiger partial charge in [0.25, 0.3) is 5.91 Å². The number of fused-ring (bicyclic) bond motifs is 2. The summed E-state index contributed by atoms with van der Waals surface area (Å²) in [6.07, 6.45) is 3.72. The summed E-state index contributed by atoms with van der Waals surface area (Å²) < 4.78 is 0. The van der Waals surface area contributed by atoms with E-state index in [1.54, 1.807) is 11.3 Å². The van der Waals surface area contributed by atoms with Gasteiger partial charge < -0.3 is 4.90 Å². The summed E-state index contributed by atoms with van der Waals surface area (Å²) in [7, 11) is 0. The Hall–Kier alpha value is -0.900. The quantitative estimate of drug-likeness (QED) is 0.808. The van der Waals surface area contributed by atoms with Crippen molar-refractivity contribution < 1.29 is 4.79 Å². The maximum atomic E-state index is 12.3. The third-order valence-electron chi connectivity index (χ3n) is 3.91. The van der Waals surface area contributed by atoms with Crippen LogP contribution in [0.1, 0.15) is 54.5 Å². The van der Waals surface area contributed by atoms with Gasteiger partial charge in [-0.15, -0.1) is 11.3 Å². The van der Waals surface area contributed by atoms with Crippen molar-refractivity contribution in [3.05, 3.63) is 16.1 Å². The Balaban J connectivity index is 1.77. The van der Waals surface area contributed by atoms with Crippen LogP contribution in [0.3, 0.4) is 0 Å². The molecule has 2 aliphatic rings. The molecule has 1 aromatic rings. The maximum absolute atomic E-state index is 12.3. The molecule has 2 fully saturated rings. The van der Waals surface area contributed by atoms with E-state index < -0.39 is 0 Å². The van der Waals surface area contributed by atoms with Crippen LogP contribution in [0.15, 0.2) is 5.38 Å². The normalized spacial score (nSPS) is 27.1. The third-order valence-corrected chi connectivity index (χ3v) is 5.05. The van der Waals surface area contributed by atoms with Crippen molar-refractivity contribution in [1.29, 1.82) is 0 Å². The van der Waals surface area contributed by atoms with Crippen LogP contribution < -0.4 is 0 Å². The third kappa shape index (κ3) is 1.88. The lowest BCUT2D eigenvalue weighted by atomic mass is 10.1. The van der Waals surface area contributed by atoms with Gasteiger partial charge >= 0.3 is 0 Å². The fourth-order valence-corrected chi connectivity index (χ4v) is 3.78. The van der Waals surface area contributed by atoms with Crippen molar-refractivity contribution >= 4 is 17.2 Å². The summed E-state index contributed by atoms with van der Waals surface area (Å²) >= 11 is 1.61. The summed E-state index contributed by atoms with van der Waals surface area (Å²) in [5.41, 5.74) is 0.659. The van der Waals surface area contributed by atoms with E-state index >= 15 is 0 Å². The van der Waals surface area contributed by atoms with Crippen LogP contribution in [0, 0.1) is 5.92 Å². The van der Waals surface area contributed by atoms with Crippen LogP contribution >= 0.6 is 11.3 Å². The first-order chi connectivity index (χ1) is 8.15. The molecule has 1 aromatic heterocycles. The van der Waals surface area contributed by atoms with Gasteiger partial charge in [0.15, 0.2) is 0 Å². The van der Waals surface area contributed by atoms with E-state index in [9.17, 15) is 4.79 Å². The highest BCUT2D eigenvalue weighted by molar-refractivity contribution is 7.09. The van der Waals surface area contributed by atoms with E-state index in [1.807, 2.05) is 10.3 Å². The highest BCUT2D eigenvalue weighted by atomic mass is 32.1. The molecule has 1 aliphatic heterocycles. The second kappa shape index (κ2) is 4.09. The molecule has 1 saturated heterocycles. The number of amides is 1. The van der Waals surface area contributed by atoms with Gasteiger partial charge in [-0.1, -0.05) is 13.8 Å². The molecule has 17 heavy (non-hydrogen) atoms. The van der Waals surface area contributed by atoms with E-state index in [4.69, 9.17) is 0 Å². The molecular formula is C13H18N2OS. The lowest BCUT2D eigenvalue weighted by molar-refractivity contribution is 0.0698. The zero-order valence-electron chi connectivity index (χ0n) is 10.3. The molecule has 3 rings (SSSR count). The number of likely N-dealkylation sites (tertiary alicyclic amines) is 1. The predicted octanol–water partition coefficient (Wildman–Crippen LogP) is 2.89. The SMILES string of the molecule is CC(C)c1nc(C(=O)N2C[C@H]3CC[C@@H]2C3)cs1. The van der Waals surface area contributed by atoms with Crippen LogP contribution in [0.4, 0.5) is 0 Å². The van der Waals surface area contributed by atoms with Crippen LogP contribution in [0.25, 0.3) is 0 Å². The van der Waals surface area contributed by atoms with Gasteiger partial charge in [0.2, 0.25) is 0 Å². The van der Waals surface area contributed by atoms with Crippen LogP contribution in [-0.2, 0) is 0 Å². The second-order valence-electron chi connectivity index (χ2n) is 5.52. The molecule has 0 aromatic carbocycles. The lowest BCUT2D eigenvalue weighted by Gasteiger charge is -2.26. The average Bonchev–Trinajstić information content (AvgIpc) is 3.03. The van der Waals surface area contributed by atoms with Crippen LogP contribution in [0.5, 0.6) is 0 Å². The number of hydrogen-bond donors (Lipinski definition) is 0. The average molecular weight is 250 g/mol. The van der Waals surface area contributed by atoms with Crippen molar-refractivity contribution in [2.24, 2.45) is 5.92 Å². The largest absolute Gasteiger partial charge is 0.334 e. The minimum atomic E-state index is 0.153. The zero-order chi connectivity index (χ0) is 12.0. The molecule has 2 atom stereocenters. The molecule has 2 bridgehead atoms. The van der Waals surface area contributed by atoms with Crippen LogP contribution in [-0.4, -0.2) is 28.4 Å². The van der Waals surface area contributed by atoms with Crippen molar-refractivity contribution in [2.45, 2.75) is 45.1 Å². The van der Waals surface area contributed by atoms with E-state index in [1.165, 1.54) is 19.3 Å². The number of thiazole rings is 1. The highest BCUT2D eigenvalue weighted by Crippen LogP contribution is 2.38. The van der Waals surface area contributed by atoms with Gasteiger partial charge in [-0.05, 0) is 25.2 Å². The molecule has 1 saturated carbocycles. The molecule has 92 valence electrons. The fraction of sp³-hybridized carbons (Fsp3) is 0.692. The van der Waals surface area contributed by atoms with Crippen molar-refractivity contribution in [2.75, 3.05) is 6.54 Å². The Bertz CT molecular complexity index is 440. The van der Waals surface area contributed by atoms with Gasteiger partial charge in [-0.25, -0.2) is 4.98 Å². The number of carbonyl (C=O) groups is 1. The molecule has 0 spiro atoms. The number of piperidine rings is 1. The summed E-state index contributed by atoms with van der Waals surface area (Å²) in [5, 5.41) is 2.99. The summed E-state index contributed by atoms with van der Waals surface area (Å²) in [4.78, 5) is 18.9. The summed E-state index contributed by atoms with van der Waals surface area (Å²) in [6, 6.07) is 0.497. The lowest BCUT2D eigenvalue weighted by Crippen LogP contribution is -2.37. The summed E-state index contributed by atoms with van der Waals surface area (Å²) in [6.45, 7) is 5.19. The topological polar surface area (TPSA) is 33.2 Å². The Morgan fingerprint density at radius 1 is 1.53 bits per heavy atom. The Kier molecular flexibility index (Phi) is 2.69. The van der Waals surface area contributed by atoms with Gasteiger partial charge in [0.1, 0.15) is 5.69 Å². The van der Waals surface area contributed by atoms with Crippen LogP contribution in [0.2, 0.25) is 0 Å². The minimum absolute atomic E-state index is 0.153. The summed E-state index contributed by atoms with van der Waals surface area (Å²) in [5.74, 6) is 1.32. The first-order valence-electron chi connectivity index (χ1n) is 6.41. The standard InChI is InChI=1S/C13H18N2OS/c1-8(2)12-14-11(7-17-12)13(16)15-6-9-3-4-10(15)5-9/h7-10H,3-6H2,1-2H3/t9-,10+/m0/s1. The Labute approximate surface area is 106 Å². The zero-order valence-corrected chi connectivity index (χ0v) is 11.2. The molecule has 0 N–H and O–H groups in total. The molecule has 1 amide bonds. The molecular weight excluding hydrogens is 232 g/mol. The Morgan fingerprint density at radius 2 is 2.35 bits per heavy atom. The second-order valence-corrected chi connectivity index (χ2v) is 6.41. The number of carbonyl (C=O) groups excluding carboxylic acids is 1. The predicted molar refractivity (Wildman–Crippen MR) is 68.4 cm³/mol. The molecule has 3 nitrogen and oxygen atoms in total. The van der Waals surface area contributed by atoms with E-state index in [0.717, 1.165) is 17.5 Å². The molecule has 4 heteroatoms. The smallest absolute Gasteiger partial charge is 0.273 e. The maximum Gasteiger partial charge on any atom is 0.273 e. The number of hydrogen-bond acceptors (Lipinski definition) is 3. The number of aromatic nitrogens is 1. The van der Waals surface area contributed by atoms with E-state index in [0.29, 0.717) is 17.7 Å². The monoisotopic (exact) mass is 250 g/mol. The van der Waals surface area contributed by atoms with E-state index in [2.05, 4.69) is 18.8 Å². The van der Waals surface area contributed by atoms with Gasteiger partial charge in [-0.2, -0.15) is 0 Å². The fourth-order valence-electron chi connectivity index (χ4n) is 2.97. The molecule has 0 radical (unpaired) electrons. The molecule has 2 heterocycles. The van der Waals surface area contributed by atoms with Gasteiger partial charge in [0, 0.05) is 23.9 Å². The minimum Gasteiger partial charge on any atom is -0.334 e. The molecule has 1 aliphatic carbocycles. The van der Waals surface area contributed by atoms with Crippen molar-refractivity contribution in [3.63, 3.8) is 0 Å². The van der Waals surface area contributed by atoms with Gasteiger partial charge in [0.05, 0.1) is 5.01 Å². The Morgan fingerprint density at radius 3 is 2.88 bits per heavy atom. The van der Waals surface area contributed by atoms with Crippen molar-refractivity contribution in [3.8, 4) is 0 Å². The van der Waals surface area contributed by atoms with E-state index in [-0.39, 0.29) is 5.91 Å². The number of rotatable bonds is 2. The van der Waals surface area contributed by atoms with Gasteiger partial charge in [-0.3, -0.25) is 4.79 Å². The number of nitrogens with zero attached hydrogens (tertiary/aromatic N) is 2. The molecule has 0 unspecified atom stereocenters. The first kappa shape index (κ1) is 11.2. The highest BCUT2D eigenvalue weighted by Gasteiger charge is 2.40. The first-order valence-corrected chi connectivity index (χ1v) is 7.29. The van der Waals surface area contributed by atoms with Crippen molar-refractivity contribution in [1.82, 2.24) is 9.88 Å².